The smallest absolute Gasteiger partial charge is 0.357 e. The lowest BCUT2D eigenvalue weighted by Crippen LogP contribution is -2.41. The molecule has 0 atom stereocenters. The van der Waals surface area contributed by atoms with E-state index in [1.807, 2.05) is 22.6 Å². The first-order chi connectivity index (χ1) is 15.7. The van der Waals surface area contributed by atoms with Crippen LogP contribution in [-0.2, 0) is 25.4 Å². The number of esters is 2. The summed E-state index contributed by atoms with van der Waals surface area (Å²) in [5.74, 6) is -1.66. The molecule has 4 rings (SSSR count). The number of nitrogens with zero attached hydrogens (tertiary/aromatic N) is 2. The van der Waals surface area contributed by atoms with E-state index >= 15 is 0 Å². The molecule has 0 bridgehead atoms. The average Bonchev–Trinajstić information content (AvgIpc) is 2.75. The summed E-state index contributed by atoms with van der Waals surface area (Å²) < 4.78 is 44.7. The Morgan fingerprint density at radius 2 is 1.47 bits per heavy atom. The van der Waals surface area contributed by atoms with E-state index in [1.54, 1.807) is 0 Å². The van der Waals surface area contributed by atoms with Crippen molar-refractivity contribution in [3.05, 3.63) is 56.7 Å². The van der Waals surface area contributed by atoms with Crippen molar-refractivity contribution in [3.8, 4) is 0 Å². The molecule has 0 aliphatic carbocycles. The van der Waals surface area contributed by atoms with Crippen molar-refractivity contribution in [2.45, 2.75) is 19.9 Å². The molecule has 0 radical (unpaired) electrons. The van der Waals surface area contributed by atoms with Crippen LogP contribution in [0.4, 0.5) is 8.78 Å². The van der Waals surface area contributed by atoms with Crippen molar-refractivity contribution in [3.63, 3.8) is 0 Å². The molecule has 0 aromatic carbocycles. The van der Waals surface area contributed by atoms with Gasteiger partial charge in [-0.3, -0.25) is 0 Å². The van der Waals surface area contributed by atoms with E-state index in [1.165, 1.54) is 26.4 Å². The summed E-state index contributed by atoms with van der Waals surface area (Å²) in [6.45, 7) is 2.83. The fourth-order valence-electron chi connectivity index (χ4n) is 2.55. The van der Waals surface area contributed by atoms with Crippen LogP contribution in [0.1, 0.15) is 34.0 Å². The van der Waals surface area contributed by atoms with E-state index < -0.39 is 23.6 Å². The SMILES string of the molecule is C.COC(=O)c1ncc(F)cc1CC1COC1.COC(=O)c1ncc(F)cc1I.NC1COC1. The maximum absolute atomic E-state index is 13.0. The van der Waals surface area contributed by atoms with Crippen LogP contribution in [0.15, 0.2) is 24.5 Å². The Kier molecular flexibility index (Phi) is 13.0. The largest absolute Gasteiger partial charge is 0.464 e. The van der Waals surface area contributed by atoms with Gasteiger partial charge < -0.3 is 24.7 Å². The van der Waals surface area contributed by atoms with Gasteiger partial charge in [0.2, 0.25) is 0 Å². The quantitative estimate of drug-likeness (QED) is 0.420. The third-order valence-corrected chi connectivity index (χ3v) is 5.20. The average molecular weight is 595 g/mol. The highest BCUT2D eigenvalue weighted by atomic mass is 127. The van der Waals surface area contributed by atoms with Gasteiger partial charge >= 0.3 is 11.9 Å². The van der Waals surface area contributed by atoms with E-state index in [9.17, 15) is 18.4 Å². The van der Waals surface area contributed by atoms with Crippen LogP contribution < -0.4 is 5.73 Å². The van der Waals surface area contributed by atoms with Crippen molar-refractivity contribution < 1.29 is 37.3 Å². The lowest BCUT2D eigenvalue weighted by Gasteiger charge is -2.26. The zero-order valence-corrected chi connectivity index (χ0v) is 20.2. The first-order valence-electron chi connectivity index (χ1n) is 9.78. The lowest BCUT2D eigenvalue weighted by atomic mass is 9.97. The van der Waals surface area contributed by atoms with E-state index in [-0.39, 0.29) is 18.8 Å². The van der Waals surface area contributed by atoms with Crippen molar-refractivity contribution in [2.75, 3.05) is 40.6 Å². The van der Waals surface area contributed by atoms with Crippen LogP contribution in [-0.4, -0.2) is 68.6 Å². The van der Waals surface area contributed by atoms with Gasteiger partial charge in [0.15, 0.2) is 11.4 Å². The molecule has 2 aliphatic heterocycles. The fraction of sp³-hybridized carbons (Fsp3) is 0.455. The molecule has 9 nitrogen and oxygen atoms in total. The van der Waals surface area contributed by atoms with Gasteiger partial charge in [-0.25, -0.2) is 28.3 Å². The number of carbonyl (C=O) groups is 2. The van der Waals surface area contributed by atoms with Crippen LogP contribution in [0.3, 0.4) is 0 Å². The summed E-state index contributed by atoms with van der Waals surface area (Å²) in [4.78, 5) is 29.7. The number of nitrogens with two attached hydrogens (primary N) is 1. The van der Waals surface area contributed by atoms with Gasteiger partial charge in [-0.05, 0) is 46.7 Å². The third-order valence-electron chi connectivity index (χ3n) is 4.38. The minimum Gasteiger partial charge on any atom is -0.464 e. The van der Waals surface area contributed by atoms with Crippen LogP contribution in [0.25, 0.3) is 0 Å². The highest BCUT2D eigenvalue weighted by Gasteiger charge is 2.23. The highest BCUT2D eigenvalue weighted by Crippen LogP contribution is 2.20. The first-order valence-corrected chi connectivity index (χ1v) is 10.9. The lowest BCUT2D eigenvalue weighted by molar-refractivity contribution is -0.0314. The van der Waals surface area contributed by atoms with Gasteiger partial charge in [0, 0.05) is 9.49 Å². The monoisotopic (exact) mass is 595 g/mol. The van der Waals surface area contributed by atoms with Crippen LogP contribution >= 0.6 is 22.6 Å². The van der Waals surface area contributed by atoms with Gasteiger partial charge in [0.25, 0.3) is 0 Å². The Morgan fingerprint density at radius 3 is 1.88 bits per heavy atom. The molecule has 0 amide bonds. The van der Waals surface area contributed by atoms with Gasteiger partial charge in [0.05, 0.1) is 59.1 Å². The minimum absolute atomic E-state index is 0. The molecule has 0 saturated carbocycles. The first kappa shape index (κ1) is 29.7. The number of ether oxygens (including phenoxy) is 4. The second-order valence-electron chi connectivity index (χ2n) is 7.03. The number of carbonyl (C=O) groups excluding carboxylic acids is 2. The Labute approximate surface area is 210 Å². The third kappa shape index (κ3) is 9.16. The summed E-state index contributed by atoms with van der Waals surface area (Å²) in [5, 5.41) is 0. The van der Waals surface area contributed by atoms with Crippen molar-refractivity contribution >= 4 is 34.5 Å². The van der Waals surface area contributed by atoms with Gasteiger partial charge in [0.1, 0.15) is 11.6 Å². The summed E-state index contributed by atoms with van der Waals surface area (Å²) in [6, 6.07) is 2.90. The molecule has 2 saturated heterocycles. The molecule has 2 fully saturated rings. The molecule has 4 heterocycles. The Balaban J connectivity index is 0.000000283. The van der Waals surface area contributed by atoms with E-state index in [4.69, 9.17) is 15.2 Å². The molecule has 0 spiro atoms. The number of aromatic nitrogens is 2. The molecule has 2 aromatic rings. The minimum atomic E-state index is -0.556. The molecule has 188 valence electrons. The molecular weight excluding hydrogens is 567 g/mol. The maximum Gasteiger partial charge on any atom is 0.357 e. The van der Waals surface area contributed by atoms with E-state index in [0.717, 1.165) is 25.6 Å². The Morgan fingerprint density at radius 1 is 1.00 bits per heavy atom. The molecule has 2 aliphatic rings. The van der Waals surface area contributed by atoms with Crippen molar-refractivity contribution in [2.24, 2.45) is 11.7 Å². The summed E-state index contributed by atoms with van der Waals surface area (Å²) >= 11 is 1.82. The van der Waals surface area contributed by atoms with Crippen LogP contribution in [0, 0.1) is 21.1 Å². The van der Waals surface area contributed by atoms with Crippen molar-refractivity contribution in [1.29, 1.82) is 0 Å². The predicted octanol–water partition coefficient (Wildman–Crippen LogP) is 2.79. The molecule has 34 heavy (non-hydrogen) atoms. The van der Waals surface area contributed by atoms with Gasteiger partial charge in [-0.1, -0.05) is 7.43 Å². The van der Waals surface area contributed by atoms with E-state index in [2.05, 4.69) is 19.4 Å². The normalized spacial score (nSPS) is 14.5. The highest BCUT2D eigenvalue weighted by molar-refractivity contribution is 14.1. The van der Waals surface area contributed by atoms with Gasteiger partial charge in [-0.2, -0.15) is 0 Å². The summed E-state index contributed by atoms with van der Waals surface area (Å²) in [7, 11) is 2.53. The summed E-state index contributed by atoms with van der Waals surface area (Å²) in [5.41, 5.74) is 6.17. The topological polar surface area (TPSA) is 123 Å². The second-order valence-corrected chi connectivity index (χ2v) is 8.20. The molecule has 2 aromatic heterocycles. The molecular formula is C22H28F2IN3O6. The zero-order chi connectivity index (χ0) is 24.4. The van der Waals surface area contributed by atoms with Crippen LogP contribution in [0.5, 0.6) is 0 Å². The number of hydrogen-bond donors (Lipinski definition) is 1. The zero-order valence-electron chi connectivity index (χ0n) is 18.1. The molecule has 0 unspecified atom stereocenters. The predicted molar refractivity (Wildman–Crippen MR) is 127 cm³/mol. The number of rotatable bonds is 4. The second kappa shape index (κ2) is 14.9. The van der Waals surface area contributed by atoms with E-state index in [0.29, 0.717) is 40.7 Å². The number of methoxy groups -OCH3 is 2. The van der Waals surface area contributed by atoms with Gasteiger partial charge in [-0.15, -0.1) is 0 Å². The number of halogens is 3. The molecule has 2 N–H and O–H groups in total. The Hall–Kier alpha value is -2.29. The standard InChI is InChI=1S/C11H12FNO3.C7H5FINO2.C3H7NO.CH4/c1-15-11(14)10-8(2-7-5-16-6-7)3-9(12)4-13-10;1-12-7(11)6-5(9)2-4(8)3-10-6;4-3-1-5-2-3;/h3-4,7H,2,5-6H2,1H3;2-3H,1H3;3H,1-2,4H2;1H4. The molecule has 12 heteroatoms. The van der Waals surface area contributed by atoms with Crippen molar-refractivity contribution in [1.82, 2.24) is 9.97 Å². The number of hydrogen-bond acceptors (Lipinski definition) is 9. The fourth-order valence-corrected chi connectivity index (χ4v) is 3.20. The summed E-state index contributed by atoms with van der Waals surface area (Å²) in [6.07, 6.45) is 2.59. The number of pyridine rings is 2. The van der Waals surface area contributed by atoms with Crippen LogP contribution in [0.2, 0.25) is 0 Å². The maximum atomic E-state index is 13.0. The Bertz CT molecular complexity index is 958.